The average molecular weight is 144 g/mol. The highest BCUT2D eigenvalue weighted by atomic mass is 16.3. The summed E-state index contributed by atoms with van der Waals surface area (Å²) in [7, 11) is 2.15. The fraction of sp³-hybridized carbons (Fsp3) is 1.00. The van der Waals surface area contributed by atoms with Crippen LogP contribution in [0.4, 0.5) is 0 Å². The molecule has 0 bridgehead atoms. The van der Waals surface area contributed by atoms with Crippen molar-refractivity contribution in [2.75, 3.05) is 20.1 Å². The van der Waals surface area contributed by atoms with Crippen LogP contribution < -0.4 is 0 Å². The van der Waals surface area contributed by atoms with E-state index in [-0.39, 0.29) is 6.23 Å². The highest BCUT2D eigenvalue weighted by Gasteiger charge is 2.32. The van der Waals surface area contributed by atoms with Crippen molar-refractivity contribution in [1.82, 2.24) is 0 Å². The zero-order chi connectivity index (χ0) is 7.61. The summed E-state index contributed by atoms with van der Waals surface area (Å²) >= 11 is 0. The van der Waals surface area contributed by atoms with Gasteiger partial charge in [0.1, 0.15) is 0 Å². The molecular weight excluding hydrogens is 126 g/mol. The van der Waals surface area contributed by atoms with Gasteiger partial charge in [0.2, 0.25) is 0 Å². The third-order valence-corrected chi connectivity index (χ3v) is 2.67. The van der Waals surface area contributed by atoms with Crippen molar-refractivity contribution < 1.29 is 9.59 Å². The first kappa shape index (κ1) is 8.02. The van der Waals surface area contributed by atoms with Crippen molar-refractivity contribution in [2.45, 2.75) is 32.4 Å². The number of quaternary nitrogens is 1. The first-order valence-corrected chi connectivity index (χ1v) is 4.21. The lowest BCUT2D eigenvalue weighted by Gasteiger charge is -2.33. The van der Waals surface area contributed by atoms with Gasteiger partial charge in [-0.2, -0.15) is 0 Å². The summed E-state index contributed by atoms with van der Waals surface area (Å²) in [5, 5.41) is 9.59. The molecule has 0 saturated carbocycles. The number of hydrogen-bond acceptors (Lipinski definition) is 1. The largest absolute Gasteiger partial charge is 0.345 e. The molecule has 60 valence electrons. The molecule has 1 heterocycles. The van der Waals surface area contributed by atoms with Gasteiger partial charge in [0.05, 0.1) is 20.1 Å². The van der Waals surface area contributed by atoms with Gasteiger partial charge in [-0.05, 0) is 0 Å². The van der Waals surface area contributed by atoms with Gasteiger partial charge in [0.25, 0.3) is 0 Å². The van der Waals surface area contributed by atoms with E-state index in [4.69, 9.17) is 0 Å². The molecule has 0 aliphatic carbocycles. The summed E-state index contributed by atoms with van der Waals surface area (Å²) in [6.07, 6.45) is 3.33. The number of hydrogen-bond donors (Lipinski definition) is 1. The molecule has 1 unspecified atom stereocenters. The topological polar surface area (TPSA) is 20.2 Å². The summed E-state index contributed by atoms with van der Waals surface area (Å²) in [6.45, 7) is 4.37. The molecule has 0 aromatic carbocycles. The third-order valence-electron chi connectivity index (χ3n) is 2.67. The highest BCUT2D eigenvalue weighted by Crippen LogP contribution is 2.20. The molecule has 1 saturated heterocycles. The SMILES string of the molecule is CCC(O)[N+]1(C)CCCC1. The number of rotatable bonds is 2. The Kier molecular flexibility index (Phi) is 2.32. The molecular formula is C8H18NO+. The Morgan fingerprint density at radius 3 is 2.30 bits per heavy atom. The van der Waals surface area contributed by atoms with Crippen LogP contribution in [0.15, 0.2) is 0 Å². The summed E-state index contributed by atoms with van der Waals surface area (Å²) in [5.74, 6) is 0. The van der Waals surface area contributed by atoms with E-state index in [0.29, 0.717) is 0 Å². The molecule has 1 rings (SSSR count). The van der Waals surface area contributed by atoms with Crippen LogP contribution in [0.1, 0.15) is 26.2 Å². The van der Waals surface area contributed by atoms with E-state index in [9.17, 15) is 5.11 Å². The van der Waals surface area contributed by atoms with Crippen LogP contribution in [-0.4, -0.2) is 36.0 Å². The summed E-state index contributed by atoms with van der Waals surface area (Å²) < 4.78 is 0.885. The predicted molar refractivity (Wildman–Crippen MR) is 41.5 cm³/mol. The summed E-state index contributed by atoms with van der Waals surface area (Å²) in [6, 6.07) is 0. The Morgan fingerprint density at radius 1 is 1.40 bits per heavy atom. The molecule has 0 radical (unpaired) electrons. The summed E-state index contributed by atoms with van der Waals surface area (Å²) in [4.78, 5) is 0. The molecule has 2 nitrogen and oxygen atoms in total. The Hall–Kier alpha value is -0.0800. The zero-order valence-corrected chi connectivity index (χ0v) is 7.01. The van der Waals surface area contributed by atoms with Crippen LogP contribution in [0.3, 0.4) is 0 Å². The quantitative estimate of drug-likeness (QED) is 0.572. The Labute approximate surface area is 63.1 Å². The van der Waals surface area contributed by atoms with Gasteiger partial charge < -0.3 is 9.59 Å². The van der Waals surface area contributed by atoms with Crippen molar-refractivity contribution in [2.24, 2.45) is 0 Å². The van der Waals surface area contributed by atoms with E-state index in [2.05, 4.69) is 7.05 Å². The highest BCUT2D eigenvalue weighted by molar-refractivity contribution is 4.53. The Balaban J connectivity index is 2.49. The molecule has 1 aliphatic heterocycles. The third kappa shape index (κ3) is 1.32. The predicted octanol–water partition coefficient (Wildman–Crippen LogP) is 0.955. The van der Waals surface area contributed by atoms with Gasteiger partial charge >= 0.3 is 0 Å². The molecule has 0 amide bonds. The van der Waals surface area contributed by atoms with E-state index in [0.717, 1.165) is 24.0 Å². The number of aliphatic hydroxyl groups is 1. The van der Waals surface area contributed by atoms with Crippen LogP contribution >= 0.6 is 0 Å². The maximum absolute atomic E-state index is 9.59. The van der Waals surface area contributed by atoms with Crippen LogP contribution in [0.5, 0.6) is 0 Å². The molecule has 0 spiro atoms. The molecule has 1 N–H and O–H groups in total. The zero-order valence-electron chi connectivity index (χ0n) is 7.01. The van der Waals surface area contributed by atoms with E-state index in [1.807, 2.05) is 6.92 Å². The van der Waals surface area contributed by atoms with Crippen molar-refractivity contribution in [3.63, 3.8) is 0 Å². The van der Waals surface area contributed by atoms with Crippen molar-refractivity contribution in [3.05, 3.63) is 0 Å². The van der Waals surface area contributed by atoms with Crippen molar-refractivity contribution >= 4 is 0 Å². The lowest BCUT2D eigenvalue weighted by atomic mass is 10.3. The van der Waals surface area contributed by atoms with Crippen LogP contribution in [0, 0.1) is 0 Å². The smallest absolute Gasteiger partial charge is 0.190 e. The molecule has 2 heteroatoms. The van der Waals surface area contributed by atoms with Crippen molar-refractivity contribution in [3.8, 4) is 0 Å². The van der Waals surface area contributed by atoms with Gasteiger partial charge in [0, 0.05) is 19.3 Å². The molecule has 0 aromatic heterocycles. The lowest BCUT2D eigenvalue weighted by Crippen LogP contribution is -2.49. The maximum Gasteiger partial charge on any atom is 0.190 e. The molecule has 10 heavy (non-hydrogen) atoms. The average Bonchev–Trinajstić information content (AvgIpc) is 2.36. The van der Waals surface area contributed by atoms with Crippen LogP contribution in [-0.2, 0) is 0 Å². The number of aliphatic hydroxyl groups excluding tert-OH is 1. The van der Waals surface area contributed by atoms with E-state index in [1.54, 1.807) is 0 Å². The van der Waals surface area contributed by atoms with Gasteiger partial charge in [-0.15, -0.1) is 0 Å². The second-order valence-electron chi connectivity index (χ2n) is 3.52. The first-order chi connectivity index (χ1) is 4.69. The second kappa shape index (κ2) is 2.89. The number of likely N-dealkylation sites (tertiary alicyclic amines) is 1. The monoisotopic (exact) mass is 144 g/mol. The lowest BCUT2D eigenvalue weighted by molar-refractivity contribution is -0.943. The Bertz CT molecular complexity index is 108. The van der Waals surface area contributed by atoms with Gasteiger partial charge in [-0.3, -0.25) is 0 Å². The Morgan fingerprint density at radius 2 is 1.90 bits per heavy atom. The standard InChI is InChI=1S/C8H18NO/c1-3-8(10)9(2)6-4-5-7-9/h8,10H,3-7H2,1-2H3/q+1. The molecule has 1 aliphatic rings. The first-order valence-electron chi connectivity index (χ1n) is 4.21. The fourth-order valence-corrected chi connectivity index (χ4v) is 1.80. The fourth-order valence-electron chi connectivity index (χ4n) is 1.80. The van der Waals surface area contributed by atoms with Gasteiger partial charge in [-0.1, -0.05) is 6.92 Å². The minimum Gasteiger partial charge on any atom is -0.345 e. The van der Waals surface area contributed by atoms with Gasteiger partial charge in [0.15, 0.2) is 6.23 Å². The van der Waals surface area contributed by atoms with E-state index >= 15 is 0 Å². The van der Waals surface area contributed by atoms with Crippen LogP contribution in [0.25, 0.3) is 0 Å². The molecule has 1 fully saturated rings. The van der Waals surface area contributed by atoms with Crippen LogP contribution in [0.2, 0.25) is 0 Å². The number of nitrogens with zero attached hydrogens (tertiary/aromatic N) is 1. The second-order valence-corrected chi connectivity index (χ2v) is 3.52. The minimum atomic E-state index is -0.123. The summed E-state index contributed by atoms with van der Waals surface area (Å²) in [5.41, 5.74) is 0. The van der Waals surface area contributed by atoms with E-state index in [1.165, 1.54) is 12.8 Å². The molecule has 1 atom stereocenters. The maximum atomic E-state index is 9.59. The normalized spacial score (nSPS) is 26.7. The minimum absolute atomic E-state index is 0.123. The van der Waals surface area contributed by atoms with Gasteiger partial charge in [-0.25, -0.2) is 0 Å². The van der Waals surface area contributed by atoms with Crippen molar-refractivity contribution in [1.29, 1.82) is 0 Å². The van der Waals surface area contributed by atoms with E-state index < -0.39 is 0 Å². The molecule has 0 aromatic rings.